The summed E-state index contributed by atoms with van der Waals surface area (Å²) in [5.41, 5.74) is 8.68. The van der Waals surface area contributed by atoms with Crippen LogP contribution in [-0.2, 0) is 0 Å². The summed E-state index contributed by atoms with van der Waals surface area (Å²) in [6, 6.07) is 14.2. The summed E-state index contributed by atoms with van der Waals surface area (Å²) < 4.78 is 2.21. The summed E-state index contributed by atoms with van der Waals surface area (Å²) >= 11 is 5.90. The lowest BCUT2D eigenvalue weighted by atomic mass is 9.95. The van der Waals surface area contributed by atoms with Crippen LogP contribution in [0.5, 0.6) is 0 Å². The summed E-state index contributed by atoms with van der Waals surface area (Å²) in [7, 11) is 0. The molecule has 0 bridgehead atoms. The summed E-state index contributed by atoms with van der Waals surface area (Å²) in [6.07, 6.45) is 3.69. The Hall–Kier alpha value is -0.980. The Balaban J connectivity index is 2.17. The standard InChI is InChI=1S/C16H12BrIN2/c17-15-5-4-11(18)8-13(15)16(19)12-3-1-2-10-6-7-20-9-14(10)12/h1-9,16H,19H2. The van der Waals surface area contributed by atoms with Crippen molar-refractivity contribution in [2.75, 3.05) is 0 Å². The van der Waals surface area contributed by atoms with Crippen molar-refractivity contribution in [1.29, 1.82) is 0 Å². The largest absolute Gasteiger partial charge is 0.320 e. The predicted octanol–water partition coefficient (Wildman–Crippen LogP) is 4.65. The molecule has 3 aromatic rings. The highest BCUT2D eigenvalue weighted by Crippen LogP contribution is 2.31. The van der Waals surface area contributed by atoms with Crippen molar-refractivity contribution in [2.24, 2.45) is 5.73 Å². The van der Waals surface area contributed by atoms with Crippen LogP contribution in [0.25, 0.3) is 10.8 Å². The van der Waals surface area contributed by atoms with Gasteiger partial charge in [-0.05, 0) is 63.4 Å². The fraction of sp³-hybridized carbons (Fsp3) is 0.0625. The van der Waals surface area contributed by atoms with Gasteiger partial charge in [0.2, 0.25) is 0 Å². The third-order valence-electron chi connectivity index (χ3n) is 3.35. The molecule has 2 nitrogen and oxygen atoms in total. The molecule has 1 aromatic heterocycles. The second kappa shape index (κ2) is 5.79. The number of hydrogen-bond acceptors (Lipinski definition) is 2. The number of halogens is 2. The fourth-order valence-corrected chi connectivity index (χ4v) is 3.34. The molecule has 0 aliphatic carbocycles. The molecule has 4 heteroatoms. The minimum atomic E-state index is -0.174. The van der Waals surface area contributed by atoms with E-state index in [0.29, 0.717) is 0 Å². The van der Waals surface area contributed by atoms with Crippen LogP contribution in [0.3, 0.4) is 0 Å². The fourth-order valence-electron chi connectivity index (χ4n) is 2.33. The van der Waals surface area contributed by atoms with Crippen molar-refractivity contribution in [3.8, 4) is 0 Å². The van der Waals surface area contributed by atoms with Crippen molar-refractivity contribution in [2.45, 2.75) is 6.04 Å². The van der Waals surface area contributed by atoms with Crippen LogP contribution in [0.2, 0.25) is 0 Å². The summed E-state index contributed by atoms with van der Waals surface area (Å²) in [4.78, 5) is 4.22. The van der Waals surface area contributed by atoms with Gasteiger partial charge in [-0.1, -0.05) is 34.1 Å². The number of nitrogens with two attached hydrogens (primary N) is 1. The van der Waals surface area contributed by atoms with E-state index in [1.54, 1.807) is 6.20 Å². The number of rotatable bonds is 2. The van der Waals surface area contributed by atoms with E-state index in [4.69, 9.17) is 5.73 Å². The lowest BCUT2D eigenvalue weighted by Gasteiger charge is -2.17. The summed E-state index contributed by atoms with van der Waals surface area (Å²) in [5.74, 6) is 0. The maximum absolute atomic E-state index is 6.49. The SMILES string of the molecule is NC(c1cc(I)ccc1Br)c1cccc2ccncc12. The Labute approximate surface area is 139 Å². The highest BCUT2D eigenvalue weighted by Gasteiger charge is 2.15. The molecule has 0 spiro atoms. The van der Waals surface area contributed by atoms with E-state index < -0.39 is 0 Å². The first-order valence-corrected chi connectivity index (χ1v) is 8.07. The quantitative estimate of drug-likeness (QED) is 0.591. The Kier molecular flexibility index (Phi) is 4.05. The summed E-state index contributed by atoms with van der Waals surface area (Å²) in [6.45, 7) is 0. The number of fused-ring (bicyclic) bond motifs is 1. The molecule has 0 saturated carbocycles. The minimum Gasteiger partial charge on any atom is -0.320 e. The Morgan fingerprint density at radius 1 is 1.10 bits per heavy atom. The number of aromatic nitrogens is 1. The first-order valence-electron chi connectivity index (χ1n) is 6.20. The zero-order valence-corrected chi connectivity index (χ0v) is 14.3. The molecule has 1 unspecified atom stereocenters. The molecule has 0 aliphatic heterocycles. The number of benzene rings is 2. The van der Waals surface area contributed by atoms with E-state index in [0.717, 1.165) is 26.4 Å². The maximum atomic E-state index is 6.49. The normalized spacial score (nSPS) is 12.6. The topological polar surface area (TPSA) is 38.9 Å². The monoisotopic (exact) mass is 438 g/mol. The Bertz CT molecular complexity index is 768. The van der Waals surface area contributed by atoms with Crippen LogP contribution in [-0.4, -0.2) is 4.98 Å². The van der Waals surface area contributed by atoms with Gasteiger partial charge in [0, 0.05) is 25.8 Å². The predicted molar refractivity (Wildman–Crippen MR) is 94.6 cm³/mol. The van der Waals surface area contributed by atoms with E-state index >= 15 is 0 Å². The van der Waals surface area contributed by atoms with Crippen molar-refractivity contribution in [1.82, 2.24) is 4.98 Å². The zero-order chi connectivity index (χ0) is 14.1. The zero-order valence-electron chi connectivity index (χ0n) is 10.6. The van der Waals surface area contributed by atoms with Gasteiger partial charge in [0.1, 0.15) is 0 Å². The molecule has 2 N–H and O–H groups in total. The van der Waals surface area contributed by atoms with E-state index in [9.17, 15) is 0 Å². The van der Waals surface area contributed by atoms with Crippen LogP contribution in [0.15, 0.2) is 59.3 Å². The third-order valence-corrected chi connectivity index (χ3v) is 4.74. The van der Waals surface area contributed by atoms with Gasteiger partial charge in [-0.3, -0.25) is 4.98 Å². The highest BCUT2D eigenvalue weighted by molar-refractivity contribution is 14.1. The van der Waals surface area contributed by atoms with Gasteiger partial charge in [-0.2, -0.15) is 0 Å². The number of nitrogens with zero attached hydrogens (tertiary/aromatic N) is 1. The molecule has 20 heavy (non-hydrogen) atoms. The van der Waals surface area contributed by atoms with Crippen LogP contribution in [0.4, 0.5) is 0 Å². The van der Waals surface area contributed by atoms with Crippen LogP contribution < -0.4 is 5.73 Å². The molecule has 0 amide bonds. The number of hydrogen-bond donors (Lipinski definition) is 1. The first kappa shape index (κ1) is 14.0. The smallest absolute Gasteiger partial charge is 0.0569 e. The van der Waals surface area contributed by atoms with Gasteiger partial charge in [0.25, 0.3) is 0 Å². The van der Waals surface area contributed by atoms with Gasteiger partial charge in [0.15, 0.2) is 0 Å². The molecule has 0 aliphatic rings. The average molecular weight is 439 g/mol. The Morgan fingerprint density at radius 3 is 2.80 bits per heavy atom. The lowest BCUT2D eigenvalue weighted by molar-refractivity contribution is 0.873. The van der Waals surface area contributed by atoms with Gasteiger partial charge < -0.3 is 5.73 Å². The second-order valence-corrected chi connectivity index (χ2v) is 6.69. The van der Waals surface area contributed by atoms with E-state index in [-0.39, 0.29) is 6.04 Å². The van der Waals surface area contributed by atoms with Crippen LogP contribution >= 0.6 is 38.5 Å². The average Bonchev–Trinajstić information content (AvgIpc) is 2.48. The number of pyridine rings is 1. The van der Waals surface area contributed by atoms with E-state index in [1.165, 1.54) is 3.57 Å². The van der Waals surface area contributed by atoms with E-state index in [1.807, 2.05) is 24.4 Å². The van der Waals surface area contributed by atoms with Crippen molar-refractivity contribution in [3.05, 3.63) is 74.0 Å². The van der Waals surface area contributed by atoms with Gasteiger partial charge in [-0.25, -0.2) is 0 Å². The van der Waals surface area contributed by atoms with Gasteiger partial charge >= 0.3 is 0 Å². The van der Waals surface area contributed by atoms with Crippen LogP contribution in [0, 0.1) is 3.57 Å². The first-order chi connectivity index (χ1) is 9.66. The van der Waals surface area contributed by atoms with Gasteiger partial charge in [0.05, 0.1) is 6.04 Å². The molecule has 2 aromatic carbocycles. The molecule has 0 fully saturated rings. The molecule has 1 heterocycles. The molecular formula is C16H12BrIN2. The molecule has 1 atom stereocenters. The molecule has 0 saturated heterocycles. The second-order valence-electron chi connectivity index (χ2n) is 4.59. The van der Waals surface area contributed by atoms with Crippen molar-refractivity contribution < 1.29 is 0 Å². The molecule has 100 valence electrons. The van der Waals surface area contributed by atoms with E-state index in [2.05, 4.69) is 67.8 Å². The molecule has 3 rings (SSSR count). The molecule has 0 radical (unpaired) electrons. The molecular weight excluding hydrogens is 427 g/mol. The highest BCUT2D eigenvalue weighted by atomic mass is 127. The van der Waals surface area contributed by atoms with Crippen molar-refractivity contribution in [3.63, 3.8) is 0 Å². The lowest BCUT2D eigenvalue weighted by Crippen LogP contribution is -2.13. The maximum Gasteiger partial charge on any atom is 0.0569 e. The Morgan fingerprint density at radius 2 is 1.95 bits per heavy atom. The summed E-state index contributed by atoms with van der Waals surface area (Å²) in [5, 5.41) is 2.27. The van der Waals surface area contributed by atoms with Crippen LogP contribution in [0.1, 0.15) is 17.2 Å². The van der Waals surface area contributed by atoms with Crippen molar-refractivity contribution >= 4 is 49.3 Å². The third kappa shape index (κ3) is 2.60. The minimum absolute atomic E-state index is 0.174. The van der Waals surface area contributed by atoms with Gasteiger partial charge in [-0.15, -0.1) is 0 Å².